The van der Waals surface area contributed by atoms with Crippen LogP contribution in [0.4, 0.5) is 0 Å². The van der Waals surface area contributed by atoms with E-state index in [9.17, 15) is 14.4 Å². The summed E-state index contributed by atoms with van der Waals surface area (Å²) in [6, 6.07) is 15.7. The fourth-order valence-corrected chi connectivity index (χ4v) is 3.15. The van der Waals surface area contributed by atoms with Crippen molar-refractivity contribution in [2.24, 2.45) is 0 Å². The number of benzene rings is 2. The van der Waals surface area contributed by atoms with Gasteiger partial charge < -0.3 is 4.74 Å². The molecular formula is C20H13ClN2O4. The second-order valence-corrected chi connectivity index (χ2v) is 6.39. The van der Waals surface area contributed by atoms with Crippen molar-refractivity contribution in [2.75, 3.05) is 6.54 Å². The highest BCUT2D eigenvalue weighted by atomic mass is 35.5. The summed E-state index contributed by atoms with van der Waals surface area (Å²) in [5, 5.41) is 1.11. The van der Waals surface area contributed by atoms with Crippen LogP contribution in [0.3, 0.4) is 0 Å². The second-order valence-electron chi connectivity index (χ2n) is 6.03. The number of pyridine rings is 1. The summed E-state index contributed by atoms with van der Waals surface area (Å²) >= 11 is 6.14. The molecule has 1 aromatic heterocycles. The molecule has 0 fully saturated rings. The van der Waals surface area contributed by atoms with Crippen LogP contribution < -0.4 is 0 Å². The van der Waals surface area contributed by atoms with Gasteiger partial charge >= 0.3 is 5.97 Å². The fraction of sp³-hybridized carbons (Fsp3) is 0.100. The first-order chi connectivity index (χ1) is 13.0. The number of hydrogen-bond donors (Lipinski definition) is 0. The van der Waals surface area contributed by atoms with Crippen LogP contribution in [0.15, 0.2) is 54.6 Å². The maximum Gasteiger partial charge on any atom is 0.326 e. The van der Waals surface area contributed by atoms with E-state index in [0.717, 1.165) is 15.8 Å². The van der Waals surface area contributed by atoms with E-state index in [1.165, 1.54) is 0 Å². The SMILES string of the molecule is O=C(CN1C(=O)c2ccccc2C1=O)OCc1cc2ccccc2nc1Cl. The molecule has 2 aromatic carbocycles. The summed E-state index contributed by atoms with van der Waals surface area (Å²) in [6.07, 6.45) is 0. The minimum atomic E-state index is -0.700. The molecule has 0 spiro atoms. The second kappa shape index (κ2) is 6.81. The Labute approximate surface area is 159 Å². The molecule has 0 unspecified atom stereocenters. The molecule has 0 N–H and O–H groups in total. The number of rotatable bonds is 4. The topological polar surface area (TPSA) is 76.6 Å². The Bertz CT molecular complexity index is 1060. The van der Waals surface area contributed by atoms with Gasteiger partial charge in [-0.2, -0.15) is 0 Å². The number of halogens is 1. The number of imide groups is 1. The van der Waals surface area contributed by atoms with Crippen LogP contribution >= 0.6 is 11.6 Å². The quantitative estimate of drug-likeness (QED) is 0.394. The summed E-state index contributed by atoms with van der Waals surface area (Å²) in [6.45, 7) is -0.552. The van der Waals surface area contributed by atoms with Gasteiger partial charge in [0.05, 0.1) is 16.6 Å². The molecule has 0 aliphatic carbocycles. The molecule has 27 heavy (non-hydrogen) atoms. The van der Waals surface area contributed by atoms with Gasteiger partial charge in [0.1, 0.15) is 18.3 Å². The van der Waals surface area contributed by atoms with E-state index >= 15 is 0 Å². The van der Waals surface area contributed by atoms with E-state index in [1.54, 1.807) is 30.3 Å². The summed E-state index contributed by atoms with van der Waals surface area (Å²) in [5.74, 6) is -1.70. The average molecular weight is 381 g/mol. The molecule has 1 aliphatic heterocycles. The minimum absolute atomic E-state index is 0.0985. The summed E-state index contributed by atoms with van der Waals surface area (Å²) in [7, 11) is 0. The van der Waals surface area contributed by atoms with Crippen molar-refractivity contribution >= 4 is 40.3 Å². The largest absolute Gasteiger partial charge is 0.459 e. The lowest BCUT2D eigenvalue weighted by Gasteiger charge is -2.13. The van der Waals surface area contributed by atoms with Crippen molar-refractivity contribution in [2.45, 2.75) is 6.61 Å². The maximum atomic E-state index is 12.3. The molecule has 0 bridgehead atoms. The Morgan fingerprint density at radius 3 is 2.33 bits per heavy atom. The van der Waals surface area contributed by atoms with Crippen LogP contribution in [0.5, 0.6) is 0 Å². The number of carbonyl (C=O) groups is 3. The van der Waals surface area contributed by atoms with Crippen LogP contribution in [0.25, 0.3) is 10.9 Å². The number of ether oxygens (including phenoxy) is 1. The normalized spacial score (nSPS) is 13.1. The van der Waals surface area contributed by atoms with Crippen LogP contribution in [0, 0.1) is 0 Å². The molecule has 2 heterocycles. The first-order valence-corrected chi connectivity index (χ1v) is 8.57. The monoisotopic (exact) mass is 380 g/mol. The Kier molecular flexibility index (Phi) is 4.33. The zero-order valence-electron chi connectivity index (χ0n) is 14.0. The molecule has 0 saturated heterocycles. The first-order valence-electron chi connectivity index (χ1n) is 8.19. The Morgan fingerprint density at radius 2 is 1.63 bits per heavy atom. The minimum Gasteiger partial charge on any atom is -0.459 e. The van der Waals surface area contributed by atoms with Crippen LogP contribution in [0.1, 0.15) is 26.3 Å². The van der Waals surface area contributed by atoms with Gasteiger partial charge in [0.25, 0.3) is 11.8 Å². The standard InChI is InChI=1S/C20H13ClN2O4/c21-18-13(9-12-5-1-4-8-16(12)22-18)11-27-17(24)10-23-19(25)14-6-2-3-7-15(14)20(23)26/h1-9H,10-11H2. The van der Waals surface area contributed by atoms with Crippen LogP contribution in [-0.2, 0) is 16.1 Å². The first kappa shape index (κ1) is 17.2. The zero-order chi connectivity index (χ0) is 19.0. The van der Waals surface area contributed by atoms with Crippen molar-refractivity contribution in [3.63, 3.8) is 0 Å². The van der Waals surface area contributed by atoms with Crippen LogP contribution in [-0.4, -0.2) is 34.2 Å². The molecular weight excluding hydrogens is 368 g/mol. The van der Waals surface area contributed by atoms with Crippen molar-refractivity contribution in [3.8, 4) is 0 Å². The van der Waals surface area contributed by atoms with E-state index in [1.807, 2.05) is 24.3 Å². The van der Waals surface area contributed by atoms with E-state index < -0.39 is 24.3 Å². The molecule has 7 heteroatoms. The van der Waals surface area contributed by atoms with E-state index in [-0.39, 0.29) is 22.9 Å². The third-order valence-electron chi connectivity index (χ3n) is 4.30. The van der Waals surface area contributed by atoms with Gasteiger partial charge in [-0.3, -0.25) is 19.3 Å². The molecule has 1 aliphatic rings. The Hall–Kier alpha value is -3.25. The maximum absolute atomic E-state index is 12.3. The smallest absolute Gasteiger partial charge is 0.326 e. The Morgan fingerprint density at radius 1 is 1.00 bits per heavy atom. The highest BCUT2D eigenvalue weighted by molar-refractivity contribution is 6.30. The number of hydrogen-bond acceptors (Lipinski definition) is 5. The summed E-state index contributed by atoms with van der Waals surface area (Å²) in [4.78, 5) is 41.9. The molecule has 134 valence electrons. The molecule has 0 atom stereocenters. The van der Waals surface area contributed by atoms with Gasteiger partial charge in [0.2, 0.25) is 0 Å². The van der Waals surface area contributed by atoms with Gasteiger partial charge in [-0.15, -0.1) is 0 Å². The predicted octanol–water partition coefficient (Wildman–Crippen LogP) is 3.23. The van der Waals surface area contributed by atoms with E-state index in [0.29, 0.717) is 5.56 Å². The molecule has 0 saturated carbocycles. The number of carbonyl (C=O) groups excluding carboxylic acids is 3. The molecule has 3 aromatic rings. The number of fused-ring (bicyclic) bond motifs is 2. The summed E-state index contributed by atoms with van der Waals surface area (Å²) < 4.78 is 5.21. The van der Waals surface area contributed by atoms with Gasteiger partial charge in [0.15, 0.2) is 0 Å². The predicted molar refractivity (Wildman–Crippen MR) is 98.4 cm³/mol. The molecule has 6 nitrogen and oxygen atoms in total. The summed E-state index contributed by atoms with van der Waals surface area (Å²) in [5.41, 5.74) is 1.86. The van der Waals surface area contributed by atoms with Gasteiger partial charge in [0, 0.05) is 10.9 Å². The fourth-order valence-electron chi connectivity index (χ4n) is 2.95. The van der Waals surface area contributed by atoms with E-state index in [2.05, 4.69) is 4.98 Å². The van der Waals surface area contributed by atoms with Crippen molar-refractivity contribution in [1.82, 2.24) is 9.88 Å². The Balaban J connectivity index is 1.44. The number of para-hydroxylation sites is 1. The lowest BCUT2D eigenvalue weighted by Crippen LogP contribution is -2.35. The van der Waals surface area contributed by atoms with Crippen molar-refractivity contribution in [1.29, 1.82) is 0 Å². The number of esters is 1. The highest BCUT2D eigenvalue weighted by Crippen LogP contribution is 2.23. The highest BCUT2D eigenvalue weighted by Gasteiger charge is 2.36. The lowest BCUT2D eigenvalue weighted by atomic mass is 10.1. The van der Waals surface area contributed by atoms with Crippen molar-refractivity contribution < 1.29 is 19.1 Å². The van der Waals surface area contributed by atoms with Gasteiger partial charge in [-0.25, -0.2) is 4.98 Å². The van der Waals surface area contributed by atoms with Crippen LogP contribution in [0.2, 0.25) is 5.15 Å². The molecule has 0 radical (unpaired) electrons. The van der Waals surface area contributed by atoms with E-state index in [4.69, 9.17) is 16.3 Å². The third kappa shape index (κ3) is 3.15. The third-order valence-corrected chi connectivity index (χ3v) is 4.63. The van der Waals surface area contributed by atoms with Gasteiger partial charge in [-0.05, 0) is 24.3 Å². The lowest BCUT2D eigenvalue weighted by molar-refractivity contribution is -0.145. The molecule has 2 amide bonds. The molecule has 4 rings (SSSR count). The zero-order valence-corrected chi connectivity index (χ0v) is 14.8. The van der Waals surface area contributed by atoms with Crippen molar-refractivity contribution in [3.05, 3.63) is 76.4 Å². The average Bonchev–Trinajstić information content (AvgIpc) is 2.91. The van der Waals surface area contributed by atoms with Gasteiger partial charge in [-0.1, -0.05) is 41.9 Å². The number of aromatic nitrogens is 1. The number of nitrogens with zero attached hydrogens (tertiary/aromatic N) is 2. The number of amides is 2.